The Morgan fingerprint density at radius 3 is 1.58 bits per heavy atom. The van der Waals surface area contributed by atoms with Gasteiger partial charge in [-0.25, -0.2) is 9.98 Å². The summed E-state index contributed by atoms with van der Waals surface area (Å²) in [6, 6.07) is 54.5. The Hall–Kier alpha value is -7.38. The Balaban J connectivity index is 1.39. The lowest BCUT2D eigenvalue weighted by Gasteiger charge is -2.13. The van der Waals surface area contributed by atoms with Crippen molar-refractivity contribution in [2.75, 3.05) is 5.32 Å². The molecule has 0 saturated carbocycles. The van der Waals surface area contributed by atoms with E-state index < -0.39 is 0 Å². The van der Waals surface area contributed by atoms with Crippen LogP contribution in [-0.2, 0) is 0 Å². The van der Waals surface area contributed by atoms with Crippen LogP contribution in [0.1, 0.15) is 43.0 Å². The second-order valence-corrected chi connectivity index (χ2v) is 13.4. The molecule has 0 saturated heterocycles. The fraction of sp³-hybridized carbons (Fsp3) is 0.0417. The quantitative estimate of drug-likeness (QED) is 0.146. The summed E-state index contributed by atoms with van der Waals surface area (Å²) in [5.41, 5.74) is 9.86. The number of rotatable bonds is 8. The van der Waals surface area contributed by atoms with E-state index in [0.29, 0.717) is 34.4 Å². The number of benzene rings is 6. The van der Waals surface area contributed by atoms with Crippen molar-refractivity contribution in [1.82, 2.24) is 10.3 Å². The van der Waals surface area contributed by atoms with Crippen molar-refractivity contribution in [2.24, 2.45) is 9.98 Å². The van der Waals surface area contributed by atoms with Gasteiger partial charge < -0.3 is 15.6 Å². The fourth-order valence-electron chi connectivity index (χ4n) is 6.87. The molecule has 0 bridgehead atoms. The first-order valence-electron chi connectivity index (χ1n) is 18.1. The third-order valence-corrected chi connectivity index (χ3v) is 9.41. The standard InChI is InChI=1S/C48H37N5O2/c1-31-17-15-27-37(29-31)41-39(33-19-7-3-8-20-33)43(50-45(41)52-47(54)35-23-11-5-12-24-35)49-44-40(34-21-9-4-10-22-34)42(38-28-16-18-32(2)30-38)46(51-44)53-48(55)36-25-13-6-14-26-36/h3-30,50H,1-2H3,(H,52,54)(H,49,51,53,55). The number of carbonyl (C=O) groups excluding carboxylic acids is 2. The van der Waals surface area contributed by atoms with Crippen molar-refractivity contribution >= 4 is 46.3 Å². The third kappa shape index (κ3) is 7.32. The van der Waals surface area contributed by atoms with E-state index in [-0.39, 0.29) is 11.8 Å². The number of carbonyl (C=O) groups is 2. The lowest BCUT2D eigenvalue weighted by molar-refractivity contribution is 0.0976. The Bertz CT molecular complexity index is 2620. The average molecular weight is 716 g/mol. The van der Waals surface area contributed by atoms with Crippen molar-refractivity contribution in [3.8, 4) is 22.3 Å². The van der Waals surface area contributed by atoms with E-state index in [9.17, 15) is 9.59 Å². The molecule has 0 aliphatic carbocycles. The summed E-state index contributed by atoms with van der Waals surface area (Å²) in [6.07, 6.45) is 0. The van der Waals surface area contributed by atoms with Crippen LogP contribution in [0, 0.1) is 13.8 Å². The normalized spacial score (nSPS) is 13.1. The third-order valence-electron chi connectivity index (χ3n) is 9.41. The van der Waals surface area contributed by atoms with E-state index in [2.05, 4.69) is 27.8 Å². The van der Waals surface area contributed by atoms with Gasteiger partial charge in [0.2, 0.25) is 0 Å². The highest BCUT2D eigenvalue weighted by Gasteiger charge is 2.31. The van der Waals surface area contributed by atoms with Gasteiger partial charge in [0.05, 0.1) is 0 Å². The van der Waals surface area contributed by atoms with Gasteiger partial charge in [-0.1, -0.05) is 157 Å². The summed E-state index contributed by atoms with van der Waals surface area (Å²) < 4.78 is 0. The molecule has 0 unspecified atom stereocenters. The zero-order valence-corrected chi connectivity index (χ0v) is 30.4. The molecule has 0 fully saturated rings. The molecule has 3 N–H and O–H groups in total. The minimum atomic E-state index is -0.282. The van der Waals surface area contributed by atoms with E-state index in [4.69, 9.17) is 9.98 Å². The van der Waals surface area contributed by atoms with Gasteiger partial charge >= 0.3 is 0 Å². The summed E-state index contributed by atoms with van der Waals surface area (Å²) in [5, 5.41) is 6.29. The largest absolute Gasteiger partial charge is 0.325 e. The van der Waals surface area contributed by atoms with Crippen LogP contribution in [-0.4, -0.2) is 28.5 Å². The number of nitrogens with zero attached hydrogens (tertiary/aromatic N) is 2. The molecule has 2 heterocycles. The number of aliphatic imine (C=N–C) groups is 2. The fourth-order valence-corrected chi connectivity index (χ4v) is 6.87. The van der Waals surface area contributed by atoms with E-state index in [0.717, 1.165) is 55.7 Å². The number of H-pyrrole nitrogens is 1. The second-order valence-electron chi connectivity index (χ2n) is 13.4. The first kappa shape index (κ1) is 34.7. The number of amidine groups is 2. The van der Waals surface area contributed by atoms with Gasteiger partial charge in [0.1, 0.15) is 17.5 Å². The number of anilines is 1. The topological polar surface area (TPSA) is 98.7 Å². The minimum Gasteiger partial charge on any atom is -0.325 e. The maximum Gasteiger partial charge on any atom is 0.256 e. The smallest absolute Gasteiger partial charge is 0.256 e. The lowest BCUT2D eigenvalue weighted by atomic mass is 9.94. The number of aromatic nitrogens is 1. The van der Waals surface area contributed by atoms with Gasteiger partial charge in [0.25, 0.3) is 11.8 Å². The number of hydrogen-bond acceptors (Lipinski definition) is 3. The van der Waals surface area contributed by atoms with Gasteiger partial charge in [0, 0.05) is 33.4 Å². The molecule has 0 spiro atoms. The number of nitrogens with one attached hydrogen (secondary N) is 3. The lowest BCUT2D eigenvalue weighted by Crippen LogP contribution is -2.30. The van der Waals surface area contributed by atoms with Crippen LogP contribution in [0.4, 0.5) is 11.6 Å². The number of hydrogen-bond donors (Lipinski definition) is 3. The van der Waals surface area contributed by atoms with Crippen LogP contribution in [0.15, 0.2) is 180 Å². The van der Waals surface area contributed by atoms with Crippen molar-refractivity contribution in [3.05, 3.63) is 203 Å². The Morgan fingerprint density at radius 2 is 1.00 bits per heavy atom. The molecule has 55 heavy (non-hydrogen) atoms. The predicted octanol–water partition coefficient (Wildman–Crippen LogP) is 10.7. The number of amides is 2. The van der Waals surface area contributed by atoms with Gasteiger partial charge in [0.15, 0.2) is 5.84 Å². The van der Waals surface area contributed by atoms with Crippen LogP contribution in [0.3, 0.4) is 0 Å². The Morgan fingerprint density at radius 1 is 0.509 bits per heavy atom. The summed E-state index contributed by atoms with van der Waals surface area (Å²) in [5.74, 6) is 1.25. The summed E-state index contributed by atoms with van der Waals surface area (Å²) >= 11 is 0. The van der Waals surface area contributed by atoms with Crippen molar-refractivity contribution in [2.45, 2.75) is 13.8 Å². The molecule has 2 amide bonds. The SMILES string of the molecule is Cc1cccc(C2=C(c3ccccc3)C(=Nc3[nH]c(NC(=O)c4ccccc4)c(-c4cccc(C)c4)c3-c3ccccc3)N=C2NC(=O)c2ccccc2)c1. The van der Waals surface area contributed by atoms with E-state index in [1.807, 2.05) is 147 Å². The molecule has 1 aliphatic rings. The molecule has 266 valence electrons. The predicted molar refractivity (Wildman–Crippen MR) is 224 cm³/mol. The molecule has 7 aromatic rings. The van der Waals surface area contributed by atoms with Crippen LogP contribution in [0.25, 0.3) is 33.4 Å². The molecule has 0 atom stereocenters. The molecule has 0 radical (unpaired) electrons. The second kappa shape index (κ2) is 15.3. The molecule has 1 aromatic heterocycles. The zero-order chi connectivity index (χ0) is 37.7. The van der Waals surface area contributed by atoms with E-state index in [1.165, 1.54) is 0 Å². The van der Waals surface area contributed by atoms with Gasteiger partial charge in [-0.3, -0.25) is 9.59 Å². The summed E-state index contributed by atoms with van der Waals surface area (Å²) in [6.45, 7) is 4.09. The number of aryl methyl sites for hydroxylation is 2. The summed E-state index contributed by atoms with van der Waals surface area (Å²) in [7, 11) is 0. The number of aromatic amines is 1. The first-order chi connectivity index (χ1) is 26.9. The Kier molecular flexibility index (Phi) is 9.65. The van der Waals surface area contributed by atoms with Crippen LogP contribution >= 0.6 is 0 Å². The van der Waals surface area contributed by atoms with Crippen molar-refractivity contribution in [1.29, 1.82) is 0 Å². The molecule has 7 nitrogen and oxygen atoms in total. The van der Waals surface area contributed by atoms with Crippen LogP contribution in [0.2, 0.25) is 0 Å². The highest BCUT2D eigenvalue weighted by Crippen LogP contribution is 2.46. The van der Waals surface area contributed by atoms with Crippen LogP contribution < -0.4 is 10.6 Å². The van der Waals surface area contributed by atoms with Crippen molar-refractivity contribution in [3.63, 3.8) is 0 Å². The molecule has 6 aromatic carbocycles. The molecular weight excluding hydrogens is 679 g/mol. The van der Waals surface area contributed by atoms with Crippen molar-refractivity contribution < 1.29 is 9.59 Å². The molecule has 7 heteroatoms. The maximum atomic E-state index is 13.8. The Labute approximate surface area is 319 Å². The van der Waals surface area contributed by atoms with Gasteiger partial charge in [-0.05, 0) is 60.4 Å². The first-order valence-corrected chi connectivity index (χ1v) is 18.1. The molecule has 8 rings (SSSR count). The van der Waals surface area contributed by atoms with Crippen LogP contribution in [0.5, 0.6) is 0 Å². The molecule has 1 aliphatic heterocycles. The zero-order valence-electron chi connectivity index (χ0n) is 30.4. The highest BCUT2D eigenvalue weighted by atomic mass is 16.2. The highest BCUT2D eigenvalue weighted by molar-refractivity contribution is 6.51. The van der Waals surface area contributed by atoms with E-state index >= 15 is 0 Å². The minimum absolute atomic E-state index is 0.258. The van der Waals surface area contributed by atoms with Gasteiger partial charge in [-0.15, -0.1) is 0 Å². The average Bonchev–Trinajstić information content (AvgIpc) is 3.76. The van der Waals surface area contributed by atoms with Gasteiger partial charge in [-0.2, -0.15) is 0 Å². The van der Waals surface area contributed by atoms with E-state index in [1.54, 1.807) is 24.3 Å². The maximum absolute atomic E-state index is 13.8. The summed E-state index contributed by atoms with van der Waals surface area (Å²) in [4.78, 5) is 41.5. The molecular formula is C48H37N5O2. The monoisotopic (exact) mass is 715 g/mol.